The minimum Gasteiger partial charge on any atom is -0.472 e. The van der Waals surface area contributed by atoms with Crippen LogP contribution in [0.2, 0.25) is 0 Å². The van der Waals surface area contributed by atoms with Crippen molar-refractivity contribution in [3.8, 4) is 0 Å². The van der Waals surface area contributed by atoms with Crippen LogP contribution in [0.1, 0.15) is 12.0 Å². The summed E-state index contributed by atoms with van der Waals surface area (Å²) in [5.41, 5.74) is 1.39. The lowest BCUT2D eigenvalue weighted by Crippen LogP contribution is -2.40. The Morgan fingerprint density at radius 2 is 2.09 bits per heavy atom. The van der Waals surface area contributed by atoms with E-state index in [9.17, 15) is 0 Å². The molecule has 2 saturated heterocycles. The first-order valence-electron chi connectivity index (χ1n) is 8.16. The molecule has 0 radical (unpaired) electrons. The molecular weight excluding hydrogens is 292 g/mol. The van der Waals surface area contributed by atoms with Crippen LogP contribution in [-0.2, 0) is 11.3 Å². The van der Waals surface area contributed by atoms with Crippen LogP contribution in [-0.4, -0.2) is 54.3 Å². The summed E-state index contributed by atoms with van der Waals surface area (Å²) >= 11 is 0. The van der Waals surface area contributed by atoms with Gasteiger partial charge in [-0.3, -0.25) is 4.90 Å². The lowest BCUT2D eigenvalue weighted by atomic mass is 9.87. The van der Waals surface area contributed by atoms with Crippen molar-refractivity contribution >= 4 is 5.95 Å². The van der Waals surface area contributed by atoms with Crippen molar-refractivity contribution in [1.82, 2.24) is 14.9 Å². The first-order valence-corrected chi connectivity index (χ1v) is 8.16. The first kappa shape index (κ1) is 14.7. The highest BCUT2D eigenvalue weighted by molar-refractivity contribution is 5.32. The molecule has 6 nitrogen and oxygen atoms in total. The zero-order valence-electron chi connectivity index (χ0n) is 13.2. The van der Waals surface area contributed by atoms with E-state index < -0.39 is 0 Å². The predicted molar refractivity (Wildman–Crippen MR) is 86.1 cm³/mol. The first-order chi connectivity index (χ1) is 11.3. The van der Waals surface area contributed by atoms with Gasteiger partial charge in [-0.15, -0.1) is 0 Å². The highest BCUT2D eigenvalue weighted by Crippen LogP contribution is 2.35. The molecule has 23 heavy (non-hydrogen) atoms. The SMILES string of the molecule is c1cnc(N2CCC3(COCCN(Cc4ccoc4)C3)C2)nc1. The Kier molecular flexibility index (Phi) is 4.01. The molecule has 0 saturated carbocycles. The van der Waals surface area contributed by atoms with Gasteiger partial charge in [0.1, 0.15) is 0 Å². The second-order valence-electron chi connectivity index (χ2n) is 6.62. The van der Waals surface area contributed by atoms with Crippen LogP contribution in [0.15, 0.2) is 41.5 Å². The highest BCUT2D eigenvalue weighted by atomic mass is 16.5. The molecular formula is C17H22N4O2. The van der Waals surface area contributed by atoms with Gasteiger partial charge in [-0.05, 0) is 18.6 Å². The Morgan fingerprint density at radius 1 is 1.17 bits per heavy atom. The molecule has 4 rings (SSSR count). The van der Waals surface area contributed by atoms with Gasteiger partial charge in [0.25, 0.3) is 0 Å². The van der Waals surface area contributed by atoms with Gasteiger partial charge < -0.3 is 14.1 Å². The van der Waals surface area contributed by atoms with E-state index in [0.29, 0.717) is 0 Å². The monoisotopic (exact) mass is 314 g/mol. The molecule has 2 aliphatic heterocycles. The van der Waals surface area contributed by atoms with E-state index in [1.165, 1.54) is 5.56 Å². The van der Waals surface area contributed by atoms with Gasteiger partial charge in [0.15, 0.2) is 0 Å². The minimum absolute atomic E-state index is 0.166. The van der Waals surface area contributed by atoms with Gasteiger partial charge >= 0.3 is 0 Å². The van der Waals surface area contributed by atoms with Gasteiger partial charge in [0.05, 0.1) is 25.7 Å². The fourth-order valence-corrected chi connectivity index (χ4v) is 3.66. The molecule has 0 N–H and O–H groups in total. The molecule has 0 bridgehead atoms. The quantitative estimate of drug-likeness (QED) is 0.861. The van der Waals surface area contributed by atoms with Crippen molar-refractivity contribution in [3.05, 3.63) is 42.6 Å². The molecule has 1 spiro atoms. The summed E-state index contributed by atoms with van der Waals surface area (Å²) in [7, 11) is 0. The molecule has 2 fully saturated rings. The summed E-state index contributed by atoms with van der Waals surface area (Å²) in [5, 5.41) is 0. The average Bonchev–Trinajstić information content (AvgIpc) is 3.18. The molecule has 2 aromatic heterocycles. The van der Waals surface area contributed by atoms with Gasteiger partial charge in [-0.1, -0.05) is 0 Å². The normalized spacial score (nSPS) is 25.8. The summed E-state index contributed by atoms with van der Waals surface area (Å²) in [5.74, 6) is 0.829. The van der Waals surface area contributed by atoms with Crippen molar-refractivity contribution in [1.29, 1.82) is 0 Å². The third-order valence-corrected chi connectivity index (χ3v) is 4.78. The van der Waals surface area contributed by atoms with E-state index in [4.69, 9.17) is 9.15 Å². The maximum Gasteiger partial charge on any atom is 0.225 e. The fourth-order valence-electron chi connectivity index (χ4n) is 3.66. The van der Waals surface area contributed by atoms with Crippen molar-refractivity contribution in [2.45, 2.75) is 13.0 Å². The van der Waals surface area contributed by atoms with Gasteiger partial charge in [-0.2, -0.15) is 0 Å². The van der Waals surface area contributed by atoms with E-state index in [-0.39, 0.29) is 5.41 Å². The van der Waals surface area contributed by atoms with Crippen molar-refractivity contribution < 1.29 is 9.15 Å². The average molecular weight is 314 g/mol. The van der Waals surface area contributed by atoms with Crippen LogP contribution in [0, 0.1) is 5.41 Å². The van der Waals surface area contributed by atoms with Crippen LogP contribution in [0.5, 0.6) is 0 Å². The maximum absolute atomic E-state index is 5.93. The smallest absolute Gasteiger partial charge is 0.225 e. The predicted octanol–water partition coefficient (Wildman–Crippen LogP) is 1.80. The summed E-state index contributed by atoms with van der Waals surface area (Å²) in [6.45, 7) is 6.49. The number of hydrogen-bond acceptors (Lipinski definition) is 6. The number of hydrogen-bond donors (Lipinski definition) is 0. The largest absolute Gasteiger partial charge is 0.472 e. The van der Waals surface area contributed by atoms with E-state index in [1.807, 2.05) is 30.8 Å². The molecule has 122 valence electrons. The molecule has 0 amide bonds. The zero-order chi connectivity index (χ0) is 15.5. The Hall–Kier alpha value is -1.92. The standard InChI is InChI=1S/C17H22N4O2/c1-4-18-16(19-5-1)21-6-3-17(13-21)12-20(7-9-23-14-17)10-15-2-8-22-11-15/h1-2,4-5,8,11H,3,6-7,9-10,12-14H2. The minimum atomic E-state index is 0.166. The number of nitrogens with zero attached hydrogens (tertiary/aromatic N) is 4. The van der Waals surface area contributed by atoms with E-state index >= 15 is 0 Å². The van der Waals surface area contributed by atoms with E-state index in [2.05, 4.69) is 19.8 Å². The summed E-state index contributed by atoms with van der Waals surface area (Å²) < 4.78 is 11.1. The Morgan fingerprint density at radius 3 is 2.91 bits per heavy atom. The maximum atomic E-state index is 5.93. The lowest BCUT2D eigenvalue weighted by molar-refractivity contribution is 0.0798. The molecule has 1 atom stereocenters. The third-order valence-electron chi connectivity index (χ3n) is 4.78. The number of anilines is 1. The van der Waals surface area contributed by atoms with Crippen LogP contribution in [0.3, 0.4) is 0 Å². The second kappa shape index (κ2) is 6.29. The Labute approximate surface area is 136 Å². The molecule has 1 unspecified atom stereocenters. The van der Waals surface area contributed by atoms with Crippen LogP contribution < -0.4 is 4.90 Å². The van der Waals surface area contributed by atoms with Crippen LogP contribution >= 0.6 is 0 Å². The summed E-state index contributed by atoms with van der Waals surface area (Å²) in [6.07, 6.45) is 8.30. The van der Waals surface area contributed by atoms with E-state index in [0.717, 1.165) is 58.3 Å². The van der Waals surface area contributed by atoms with Crippen molar-refractivity contribution in [2.24, 2.45) is 5.41 Å². The third kappa shape index (κ3) is 3.23. The molecule has 4 heterocycles. The fraction of sp³-hybridized carbons (Fsp3) is 0.529. The number of rotatable bonds is 3. The zero-order valence-corrected chi connectivity index (χ0v) is 13.2. The summed E-state index contributed by atoms with van der Waals surface area (Å²) in [6, 6.07) is 3.90. The number of aromatic nitrogens is 2. The highest BCUT2D eigenvalue weighted by Gasteiger charge is 2.41. The molecule has 2 aliphatic rings. The van der Waals surface area contributed by atoms with Crippen LogP contribution in [0.4, 0.5) is 5.95 Å². The molecule has 6 heteroatoms. The number of furan rings is 1. The molecule has 2 aromatic rings. The second-order valence-corrected chi connectivity index (χ2v) is 6.62. The Bertz CT molecular complexity index is 619. The molecule has 0 aromatic carbocycles. The van der Waals surface area contributed by atoms with E-state index in [1.54, 1.807) is 6.26 Å². The lowest BCUT2D eigenvalue weighted by Gasteiger charge is -2.31. The van der Waals surface area contributed by atoms with Crippen molar-refractivity contribution in [3.63, 3.8) is 0 Å². The number of ether oxygens (including phenoxy) is 1. The summed E-state index contributed by atoms with van der Waals surface area (Å²) in [4.78, 5) is 13.5. The topological polar surface area (TPSA) is 54.6 Å². The Balaban J connectivity index is 1.46. The van der Waals surface area contributed by atoms with Gasteiger partial charge in [0, 0.05) is 56.1 Å². The van der Waals surface area contributed by atoms with Crippen LogP contribution in [0.25, 0.3) is 0 Å². The molecule has 0 aliphatic carbocycles. The van der Waals surface area contributed by atoms with Gasteiger partial charge in [-0.25, -0.2) is 9.97 Å². The van der Waals surface area contributed by atoms with Crippen molar-refractivity contribution in [2.75, 3.05) is 44.3 Å². The van der Waals surface area contributed by atoms with Gasteiger partial charge in [0.2, 0.25) is 5.95 Å².